The number of aromatic amines is 1. The first-order valence-corrected chi connectivity index (χ1v) is 8.34. The van der Waals surface area contributed by atoms with Gasteiger partial charge in [-0.05, 0) is 30.3 Å². The third kappa shape index (κ3) is 2.77. The van der Waals surface area contributed by atoms with Crippen molar-refractivity contribution in [3.63, 3.8) is 0 Å². The van der Waals surface area contributed by atoms with Gasteiger partial charge in [0.05, 0.1) is 13.7 Å². The molecule has 4 rings (SSSR count). The minimum Gasteiger partial charge on any atom is -0.464 e. The number of methoxy groups -OCH3 is 1. The van der Waals surface area contributed by atoms with Crippen LogP contribution in [0.1, 0.15) is 32.1 Å². The summed E-state index contributed by atoms with van der Waals surface area (Å²) in [6.07, 6.45) is 4.50. The van der Waals surface area contributed by atoms with Crippen molar-refractivity contribution >= 4 is 11.9 Å². The summed E-state index contributed by atoms with van der Waals surface area (Å²) < 4.78 is 6.73. The van der Waals surface area contributed by atoms with Gasteiger partial charge >= 0.3 is 5.97 Å². The molecular weight excluding hydrogens is 332 g/mol. The Morgan fingerprint density at radius 1 is 1.19 bits per heavy atom. The molecular formula is C19H18N4O3. The molecule has 0 bridgehead atoms. The van der Waals surface area contributed by atoms with Crippen LogP contribution in [0, 0.1) is 0 Å². The molecule has 1 amide bonds. The van der Waals surface area contributed by atoms with Crippen LogP contribution < -0.4 is 0 Å². The number of aromatic nitrogens is 3. The second-order valence-corrected chi connectivity index (χ2v) is 6.14. The molecule has 0 atom stereocenters. The molecule has 0 saturated carbocycles. The Balaban J connectivity index is 1.59. The van der Waals surface area contributed by atoms with Crippen LogP contribution in [0.2, 0.25) is 0 Å². The van der Waals surface area contributed by atoms with E-state index in [9.17, 15) is 9.59 Å². The van der Waals surface area contributed by atoms with Gasteiger partial charge in [-0.25, -0.2) is 4.79 Å². The van der Waals surface area contributed by atoms with E-state index in [1.807, 2.05) is 47.3 Å². The molecule has 0 spiro atoms. The third-order valence-electron chi connectivity index (χ3n) is 4.60. The summed E-state index contributed by atoms with van der Waals surface area (Å²) in [6, 6.07) is 11.4. The Labute approximate surface area is 150 Å². The number of H-pyrrole nitrogens is 1. The first-order valence-electron chi connectivity index (χ1n) is 8.34. The zero-order valence-corrected chi connectivity index (χ0v) is 14.3. The van der Waals surface area contributed by atoms with Crippen LogP contribution in [0.4, 0.5) is 0 Å². The molecule has 0 aliphatic carbocycles. The Morgan fingerprint density at radius 3 is 2.77 bits per heavy atom. The summed E-state index contributed by atoms with van der Waals surface area (Å²) in [4.78, 5) is 26.6. The van der Waals surface area contributed by atoms with Gasteiger partial charge in [0.25, 0.3) is 5.91 Å². The molecule has 7 heteroatoms. The highest BCUT2D eigenvalue weighted by atomic mass is 16.5. The Kier molecular flexibility index (Phi) is 4.04. The van der Waals surface area contributed by atoms with Gasteiger partial charge in [-0.1, -0.05) is 6.07 Å². The van der Waals surface area contributed by atoms with Crippen molar-refractivity contribution in [2.45, 2.75) is 13.0 Å². The minimum absolute atomic E-state index is 0.0679. The van der Waals surface area contributed by atoms with Crippen LogP contribution in [-0.2, 0) is 17.7 Å². The van der Waals surface area contributed by atoms with Crippen LogP contribution in [0.5, 0.6) is 0 Å². The lowest BCUT2D eigenvalue weighted by Gasteiger charge is -2.27. The maximum atomic E-state index is 13.0. The molecule has 1 aromatic carbocycles. The van der Waals surface area contributed by atoms with Crippen molar-refractivity contribution in [1.29, 1.82) is 0 Å². The summed E-state index contributed by atoms with van der Waals surface area (Å²) in [7, 11) is 1.32. The summed E-state index contributed by atoms with van der Waals surface area (Å²) in [6.45, 7) is 0.908. The number of amides is 1. The lowest BCUT2D eigenvalue weighted by atomic mass is 10.0. The van der Waals surface area contributed by atoms with E-state index in [1.54, 1.807) is 11.0 Å². The zero-order valence-electron chi connectivity index (χ0n) is 14.3. The molecule has 3 heterocycles. The third-order valence-corrected chi connectivity index (χ3v) is 4.60. The van der Waals surface area contributed by atoms with Gasteiger partial charge in [0, 0.05) is 47.9 Å². The fourth-order valence-corrected chi connectivity index (χ4v) is 3.22. The monoisotopic (exact) mass is 350 g/mol. The van der Waals surface area contributed by atoms with E-state index in [2.05, 4.69) is 10.2 Å². The molecule has 0 fully saturated rings. The van der Waals surface area contributed by atoms with Gasteiger partial charge in [-0.2, -0.15) is 5.10 Å². The Morgan fingerprint density at radius 2 is 2.00 bits per heavy atom. The van der Waals surface area contributed by atoms with Gasteiger partial charge in [0.1, 0.15) is 0 Å². The number of rotatable bonds is 3. The summed E-state index contributed by atoms with van der Waals surface area (Å²) in [5.74, 6) is -0.562. The number of fused-ring (bicyclic) bond motifs is 1. The Hall–Kier alpha value is -3.35. The number of benzene rings is 1. The quantitative estimate of drug-likeness (QED) is 0.734. The van der Waals surface area contributed by atoms with Gasteiger partial charge in [0.2, 0.25) is 0 Å². The first kappa shape index (κ1) is 16.1. The molecule has 1 N–H and O–H groups in total. The largest absolute Gasteiger partial charge is 0.464 e. The molecule has 0 saturated heterocycles. The molecule has 2 aromatic heterocycles. The van der Waals surface area contributed by atoms with Gasteiger partial charge in [0.15, 0.2) is 5.69 Å². The number of carbonyl (C=O) groups excluding carboxylic acids is 2. The fraction of sp³-hybridized carbons (Fsp3) is 0.211. The van der Waals surface area contributed by atoms with Gasteiger partial charge in [-0.3, -0.25) is 9.89 Å². The zero-order chi connectivity index (χ0) is 18.1. The van der Waals surface area contributed by atoms with Crippen LogP contribution in [0.3, 0.4) is 0 Å². The highest BCUT2D eigenvalue weighted by Crippen LogP contribution is 2.23. The molecule has 0 radical (unpaired) electrons. The van der Waals surface area contributed by atoms with Gasteiger partial charge in [-0.15, -0.1) is 0 Å². The number of nitrogens with zero attached hydrogens (tertiary/aromatic N) is 3. The van der Waals surface area contributed by atoms with Crippen molar-refractivity contribution in [3.8, 4) is 5.69 Å². The highest BCUT2D eigenvalue weighted by molar-refractivity contribution is 5.95. The average molecular weight is 350 g/mol. The van der Waals surface area contributed by atoms with E-state index in [-0.39, 0.29) is 11.6 Å². The molecule has 1 aliphatic heterocycles. The van der Waals surface area contributed by atoms with E-state index in [1.165, 1.54) is 7.11 Å². The normalized spacial score (nSPS) is 13.3. The molecule has 0 unspecified atom stereocenters. The van der Waals surface area contributed by atoms with Crippen LogP contribution >= 0.6 is 0 Å². The maximum Gasteiger partial charge on any atom is 0.358 e. The highest BCUT2D eigenvalue weighted by Gasteiger charge is 2.28. The first-order chi connectivity index (χ1) is 12.7. The summed E-state index contributed by atoms with van der Waals surface area (Å²) in [5, 5.41) is 6.92. The van der Waals surface area contributed by atoms with Crippen LogP contribution in [-0.4, -0.2) is 45.2 Å². The number of hydrogen-bond donors (Lipinski definition) is 1. The predicted molar refractivity (Wildman–Crippen MR) is 94.1 cm³/mol. The van der Waals surface area contributed by atoms with E-state index < -0.39 is 5.97 Å². The molecule has 26 heavy (non-hydrogen) atoms. The fourth-order valence-electron chi connectivity index (χ4n) is 3.22. The smallest absolute Gasteiger partial charge is 0.358 e. The average Bonchev–Trinajstić information content (AvgIpc) is 3.36. The van der Waals surface area contributed by atoms with Gasteiger partial charge < -0.3 is 14.2 Å². The Bertz CT molecular complexity index is 959. The van der Waals surface area contributed by atoms with E-state index >= 15 is 0 Å². The SMILES string of the molecule is COC(=O)c1n[nH]c2c1CN(C(=O)c1cccc(-n3cccc3)c1)CC2. The minimum atomic E-state index is -0.494. The number of carbonyl (C=O) groups is 2. The maximum absolute atomic E-state index is 13.0. The van der Waals surface area contributed by atoms with Crippen LogP contribution in [0.25, 0.3) is 5.69 Å². The van der Waals surface area contributed by atoms with Crippen LogP contribution in [0.15, 0.2) is 48.8 Å². The number of esters is 1. The number of ether oxygens (including phenoxy) is 1. The van der Waals surface area contributed by atoms with Crippen molar-refractivity contribution in [3.05, 3.63) is 71.3 Å². The molecule has 1 aliphatic rings. The van der Waals surface area contributed by atoms with E-state index in [0.717, 1.165) is 16.9 Å². The predicted octanol–water partition coefficient (Wildman–Crippen LogP) is 2.19. The second kappa shape index (κ2) is 6.51. The molecule has 7 nitrogen and oxygen atoms in total. The van der Waals surface area contributed by atoms with E-state index in [0.29, 0.717) is 25.1 Å². The number of nitrogens with one attached hydrogen (secondary N) is 1. The second-order valence-electron chi connectivity index (χ2n) is 6.14. The van der Waals surface area contributed by atoms with Crippen molar-refractivity contribution in [2.75, 3.05) is 13.7 Å². The van der Waals surface area contributed by atoms with Crippen molar-refractivity contribution < 1.29 is 14.3 Å². The lowest BCUT2D eigenvalue weighted by Crippen LogP contribution is -2.36. The topological polar surface area (TPSA) is 80.2 Å². The van der Waals surface area contributed by atoms with Crippen molar-refractivity contribution in [1.82, 2.24) is 19.7 Å². The molecule has 132 valence electrons. The summed E-state index contributed by atoms with van der Waals surface area (Å²) in [5.41, 5.74) is 3.41. The molecule has 3 aromatic rings. The van der Waals surface area contributed by atoms with Crippen molar-refractivity contribution in [2.24, 2.45) is 0 Å². The summed E-state index contributed by atoms with van der Waals surface area (Å²) >= 11 is 0. The van der Waals surface area contributed by atoms with E-state index in [4.69, 9.17) is 4.74 Å². The number of hydrogen-bond acceptors (Lipinski definition) is 4. The lowest BCUT2D eigenvalue weighted by molar-refractivity contribution is 0.0586. The standard InChI is InChI=1S/C19H18N4O3/c1-26-19(25)17-15-12-23(10-7-16(15)20-21-17)18(24)13-5-4-6-14(11-13)22-8-2-3-9-22/h2-6,8-9,11H,7,10,12H2,1H3,(H,20,21).